The van der Waals surface area contributed by atoms with Crippen molar-refractivity contribution in [3.05, 3.63) is 29.5 Å². The average Bonchev–Trinajstić information content (AvgIpc) is 2.36. The molecule has 0 unspecified atom stereocenters. The predicted octanol–water partition coefficient (Wildman–Crippen LogP) is 2.90. The molecule has 0 bridgehead atoms. The first kappa shape index (κ1) is 12.6. The average molecular weight is 278 g/mol. The van der Waals surface area contributed by atoms with Gasteiger partial charge in [0.05, 0.1) is 17.7 Å². The maximum atomic E-state index is 6.04. The first-order valence-corrected chi connectivity index (χ1v) is 6.84. The fraction of sp³-hybridized carbons (Fsp3) is 0.429. The van der Waals surface area contributed by atoms with Crippen LogP contribution in [-0.4, -0.2) is 35.3 Å². The van der Waals surface area contributed by atoms with E-state index in [0.717, 1.165) is 29.8 Å². The van der Waals surface area contributed by atoms with E-state index in [9.17, 15) is 0 Å². The summed E-state index contributed by atoms with van der Waals surface area (Å²) in [5.41, 5.74) is 0.879. The van der Waals surface area contributed by atoms with Crippen molar-refractivity contribution in [2.24, 2.45) is 0 Å². The third kappa shape index (κ3) is 2.51. The number of rotatable bonds is 1. The van der Waals surface area contributed by atoms with E-state index in [1.165, 1.54) is 0 Å². The van der Waals surface area contributed by atoms with Gasteiger partial charge in [0.15, 0.2) is 0 Å². The summed E-state index contributed by atoms with van der Waals surface area (Å²) in [5, 5.41) is 1.33. The van der Waals surface area contributed by atoms with Crippen LogP contribution in [0.25, 0.3) is 10.9 Å². The van der Waals surface area contributed by atoms with Crippen molar-refractivity contribution in [3.8, 4) is 0 Å². The molecule has 5 heteroatoms. The highest BCUT2D eigenvalue weighted by atomic mass is 35.5. The van der Waals surface area contributed by atoms with Gasteiger partial charge in [-0.2, -0.15) is 4.98 Å². The molecule has 0 aliphatic carbocycles. The minimum atomic E-state index is 0.191. The van der Waals surface area contributed by atoms with Gasteiger partial charge in [-0.15, -0.1) is 0 Å². The summed E-state index contributed by atoms with van der Waals surface area (Å²) < 4.78 is 5.76. The lowest BCUT2D eigenvalue weighted by Gasteiger charge is -2.36. The number of benzene rings is 1. The third-order valence-corrected chi connectivity index (χ3v) is 3.44. The molecule has 0 saturated carbocycles. The molecule has 2 heterocycles. The SMILES string of the molecule is C[C@@H]1CN(c2nc(Cl)nc3ccccc23)C[C@H](C)O1. The number of nitrogens with zero attached hydrogens (tertiary/aromatic N) is 3. The maximum absolute atomic E-state index is 6.04. The van der Waals surface area contributed by atoms with E-state index in [0.29, 0.717) is 5.28 Å². The Morgan fingerprint density at radius 1 is 1.16 bits per heavy atom. The Hall–Kier alpha value is -1.39. The Labute approximate surface area is 117 Å². The second kappa shape index (κ2) is 4.94. The molecule has 0 radical (unpaired) electrons. The fourth-order valence-electron chi connectivity index (χ4n) is 2.62. The van der Waals surface area contributed by atoms with Crippen LogP contribution < -0.4 is 4.90 Å². The highest BCUT2D eigenvalue weighted by Crippen LogP contribution is 2.27. The van der Waals surface area contributed by atoms with Crippen molar-refractivity contribution in [2.45, 2.75) is 26.1 Å². The van der Waals surface area contributed by atoms with Crippen LogP contribution in [0.3, 0.4) is 0 Å². The Bertz CT molecular complexity index is 594. The molecule has 2 aromatic rings. The van der Waals surface area contributed by atoms with E-state index in [1.54, 1.807) is 0 Å². The molecule has 100 valence electrons. The number of anilines is 1. The smallest absolute Gasteiger partial charge is 0.224 e. The van der Waals surface area contributed by atoms with Gasteiger partial charge >= 0.3 is 0 Å². The van der Waals surface area contributed by atoms with Crippen LogP contribution in [0.5, 0.6) is 0 Å². The summed E-state index contributed by atoms with van der Waals surface area (Å²) in [6.07, 6.45) is 0.382. The van der Waals surface area contributed by atoms with Crippen molar-refractivity contribution in [1.82, 2.24) is 9.97 Å². The van der Waals surface area contributed by atoms with E-state index in [-0.39, 0.29) is 12.2 Å². The predicted molar refractivity (Wildman–Crippen MR) is 76.8 cm³/mol. The molecular weight excluding hydrogens is 262 g/mol. The number of para-hydroxylation sites is 1. The van der Waals surface area contributed by atoms with Crippen molar-refractivity contribution >= 4 is 28.3 Å². The lowest BCUT2D eigenvalue weighted by molar-refractivity contribution is -0.00537. The number of aromatic nitrogens is 2. The van der Waals surface area contributed by atoms with E-state index in [1.807, 2.05) is 24.3 Å². The van der Waals surface area contributed by atoms with Crippen molar-refractivity contribution < 1.29 is 4.74 Å². The van der Waals surface area contributed by atoms with Gasteiger partial charge in [0.2, 0.25) is 5.28 Å². The molecule has 1 aromatic carbocycles. The van der Waals surface area contributed by atoms with Gasteiger partial charge in [-0.25, -0.2) is 4.98 Å². The number of hydrogen-bond acceptors (Lipinski definition) is 4. The van der Waals surface area contributed by atoms with Gasteiger partial charge in [0.25, 0.3) is 0 Å². The Balaban J connectivity index is 2.08. The van der Waals surface area contributed by atoms with Crippen LogP contribution in [0.15, 0.2) is 24.3 Å². The largest absolute Gasteiger partial charge is 0.372 e. The van der Waals surface area contributed by atoms with Crippen LogP contribution >= 0.6 is 11.6 Å². The zero-order chi connectivity index (χ0) is 13.4. The number of halogens is 1. The second-order valence-electron chi connectivity index (χ2n) is 5.00. The van der Waals surface area contributed by atoms with E-state index in [4.69, 9.17) is 16.3 Å². The summed E-state index contributed by atoms with van der Waals surface area (Å²) >= 11 is 6.04. The topological polar surface area (TPSA) is 38.2 Å². The van der Waals surface area contributed by atoms with Gasteiger partial charge in [0.1, 0.15) is 5.82 Å². The molecule has 3 rings (SSSR count). The molecule has 0 spiro atoms. The van der Waals surface area contributed by atoms with Crippen LogP contribution in [0, 0.1) is 0 Å². The van der Waals surface area contributed by atoms with Crippen LogP contribution in [-0.2, 0) is 4.74 Å². The second-order valence-corrected chi connectivity index (χ2v) is 5.33. The van der Waals surface area contributed by atoms with Crippen molar-refractivity contribution in [1.29, 1.82) is 0 Å². The monoisotopic (exact) mass is 277 g/mol. The normalized spacial score (nSPS) is 23.8. The highest BCUT2D eigenvalue weighted by molar-refractivity contribution is 6.28. The van der Waals surface area contributed by atoms with Gasteiger partial charge in [-0.05, 0) is 37.6 Å². The van der Waals surface area contributed by atoms with Gasteiger partial charge in [-0.1, -0.05) is 12.1 Å². The Morgan fingerprint density at radius 2 is 1.84 bits per heavy atom. The third-order valence-electron chi connectivity index (χ3n) is 3.27. The highest BCUT2D eigenvalue weighted by Gasteiger charge is 2.24. The maximum Gasteiger partial charge on any atom is 0.224 e. The van der Waals surface area contributed by atoms with Crippen molar-refractivity contribution in [3.63, 3.8) is 0 Å². The number of morpholine rings is 1. The molecule has 2 atom stereocenters. The standard InChI is InChI=1S/C14H16ClN3O/c1-9-7-18(8-10(2)19-9)13-11-5-3-4-6-12(11)16-14(15)17-13/h3-6,9-10H,7-8H2,1-2H3/t9-,10+. The molecule has 1 aromatic heterocycles. The summed E-state index contributed by atoms with van der Waals surface area (Å²) in [6, 6.07) is 7.95. The van der Waals surface area contributed by atoms with E-state index in [2.05, 4.69) is 28.7 Å². The molecule has 1 aliphatic rings. The molecule has 0 amide bonds. The van der Waals surface area contributed by atoms with Gasteiger partial charge < -0.3 is 9.64 Å². The van der Waals surface area contributed by atoms with Crippen LogP contribution in [0.4, 0.5) is 5.82 Å². The number of hydrogen-bond donors (Lipinski definition) is 0. The molecule has 1 fully saturated rings. The van der Waals surface area contributed by atoms with Crippen LogP contribution in [0.1, 0.15) is 13.8 Å². The Kier molecular flexibility index (Phi) is 3.29. The fourth-order valence-corrected chi connectivity index (χ4v) is 2.80. The zero-order valence-electron chi connectivity index (χ0n) is 11.0. The lowest BCUT2D eigenvalue weighted by atomic mass is 10.2. The van der Waals surface area contributed by atoms with E-state index >= 15 is 0 Å². The lowest BCUT2D eigenvalue weighted by Crippen LogP contribution is -2.46. The molecular formula is C14H16ClN3O. The minimum absolute atomic E-state index is 0.191. The molecule has 0 N–H and O–H groups in total. The molecule has 1 aliphatic heterocycles. The van der Waals surface area contributed by atoms with Crippen molar-refractivity contribution in [2.75, 3.05) is 18.0 Å². The molecule has 1 saturated heterocycles. The summed E-state index contributed by atoms with van der Waals surface area (Å²) in [7, 11) is 0. The van der Waals surface area contributed by atoms with E-state index < -0.39 is 0 Å². The first-order chi connectivity index (χ1) is 9.13. The number of ether oxygens (including phenoxy) is 1. The minimum Gasteiger partial charge on any atom is -0.372 e. The first-order valence-electron chi connectivity index (χ1n) is 6.46. The number of fused-ring (bicyclic) bond motifs is 1. The molecule has 4 nitrogen and oxygen atoms in total. The van der Waals surface area contributed by atoms with Crippen LogP contribution in [0.2, 0.25) is 5.28 Å². The zero-order valence-corrected chi connectivity index (χ0v) is 11.8. The quantitative estimate of drug-likeness (QED) is 0.751. The van der Waals surface area contributed by atoms with Gasteiger partial charge in [-0.3, -0.25) is 0 Å². The molecule has 19 heavy (non-hydrogen) atoms. The summed E-state index contributed by atoms with van der Waals surface area (Å²) in [6.45, 7) is 5.80. The Morgan fingerprint density at radius 3 is 2.58 bits per heavy atom. The van der Waals surface area contributed by atoms with Gasteiger partial charge in [0, 0.05) is 18.5 Å². The summed E-state index contributed by atoms with van der Waals surface area (Å²) in [5.74, 6) is 0.901. The summed E-state index contributed by atoms with van der Waals surface area (Å²) in [4.78, 5) is 10.9.